The van der Waals surface area contributed by atoms with Crippen molar-refractivity contribution < 1.29 is 52.7 Å². The van der Waals surface area contributed by atoms with E-state index in [1.165, 1.54) is 18.2 Å². The van der Waals surface area contributed by atoms with Crippen LogP contribution in [0.5, 0.6) is 11.5 Å². The highest BCUT2D eigenvalue weighted by molar-refractivity contribution is 5.80. The van der Waals surface area contributed by atoms with Crippen LogP contribution in [0, 0.1) is 0 Å². The fourth-order valence-corrected chi connectivity index (χ4v) is 3.06. The molecule has 0 spiro atoms. The number of carboxylic acids is 1. The quantitative estimate of drug-likeness (QED) is 0.147. The monoisotopic (exact) mass is 569 g/mol. The van der Waals surface area contributed by atoms with Crippen LogP contribution in [0.1, 0.15) is 88.1 Å². The van der Waals surface area contributed by atoms with E-state index in [2.05, 4.69) is 5.32 Å². The Morgan fingerprint density at radius 3 is 1.70 bits per heavy atom. The predicted octanol–water partition coefficient (Wildman–Crippen LogP) is 5.98. The maximum absolute atomic E-state index is 12.6. The van der Waals surface area contributed by atoms with E-state index in [0.29, 0.717) is 6.42 Å². The summed E-state index contributed by atoms with van der Waals surface area (Å²) in [4.78, 5) is 49.9. The van der Waals surface area contributed by atoms with Crippen LogP contribution in [0.2, 0.25) is 0 Å². The van der Waals surface area contributed by atoms with Gasteiger partial charge in [0.25, 0.3) is 5.72 Å². The van der Waals surface area contributed by atoms with Crippen LogP contribution >= 0.6 is 0 Å². The molecular formula is C28H43NO11. The first kappa shape index (κ1) is 34.5. The lowest BCUT2D eigenvalue weighted by Crippen LogP contribution is -2.59. The predicted molar refractivity (Wildman–Crippen MR) is 144 cm³/mol. The lowest BCUT2D eigenvalue weighted by atomic mass is 10.0. The Morgan fingerprint density at radius 1 is 0.775 bits per heavy atom. The van der Waals surface area contributed by atoms with Crippen LogP contribution in [0.15, 0.2) is 18.2 Å². The number of aliphatic carboxylic acids is 1. The summed E-state index contributed by atoms with van der Waals surface area (Å²) in [7, 11) is 0. The minimum Gasteiger partial charge on any atom is -0.477 e. The van der Waals surface area contributed by atoms with Crippen molar-refractivity contribution in [2.24, 2.45) is 0 Å². The molecule has 0 aliphatic rings. The molecule has 0 unspecified atom stereocenters. The first-order valence-corrected chi connectivity index (χ1v) is 12.9. The van der Waals surface area contributed by atoms with E-state index < -0.39 is 59.4 Å². The van der Waals surface area contributed by atoms with E-state index in [1.807, 2.05) is 0 Å². The van der Waals surface area contributed by atoms with E-state index in [0.717, 1.165) is 0 Å². The molecule has 1 rings (SSSR count). The molecule has 226 valence electrons. The highest BCUT2D eigenvalue weighted by Gasteiger charge is 2.45. The molecule has 0 heterocycles. The molecule has 0 aliphatic carbocycles. The zero-order chi connectivity index (χ0) is 31.1. The van der Waals surface area contributed by atoms with Crippen LogP contribution in [0.4, 0.5) is 14.4 Å². The van der Waals surface area contributed by atoms with Gasteiger partial charge in [0.1, 0.15) is 16.8 Å². The molecule has 12 heteroatoms. The molecule has 0 radical (unpaired) electrons. The number of nitrogens with one attached hydrogen (secondary N) is 1. The number of carboxylic acid groups (broad SMARTS) is 1. The van der Waals surface area contributed by atoms with E-state index in [1.54, 1.807) is 76.2 Å². The van der Waals surface area contributed by atoms with Crippen molar-refractivity contribution in [3.8, 4) is 11.5 Å². The summed E-state index contributed by atoms with van der Waals surface area (Å²) in [6, 6.07) is 3.55. The van der Waals surface area contributed by atoms with E-state index in [4.69, 9.17) is 28.4 Å². The molecule has 40 heavy (non-hydrogen) atoms. The molecule has 0 saturated carbocycles. The highest BCUT2D eigenvalue weighted by Crippen LogP contribution is 2.32. The number of benzene rings is 1. The summed E-state index contributed by atoms with van der Waals surface area (Å²) >= 11 is 0. The summed E-state index contributed by atoms with van der Waals surface area (Å²) < 4.78 is 31.6. The van der Waals surface area contributed by atoms with Crippen LogP contribution in [-0.4, -0.2) is 58.1 Å². The van der Waals surface area contributed by atoms with Gasteiger partial charge in [-0.3, -0.25) is 5.32 Å². The molecule has 0 amide bonds. The minimum atomic E-state index is -2.26. The number of hydrogen-bond donors (Lipinski definition) is 2. The van der Waals surface area contributed by atoms with Crippen LogP contribution in [0.3, 0.4) is 0 Å². The number of carbonyl (C=O) groups excluding carboxylic acids is 3. The molecule has 0 aromatic heterocycles. The highest BCUT2D eigenvalue weighted by atomic mass is 16.8. The van der Waals surface area contributed by atoms with Gasteiger partial charge < -0.3 is 33.5 Å². The van der Waals surface area contributed by atoms with Crippen molar-refractivity contribution in [3.05, 3.63) is 23.8 Å². The normalized spacial score (nSPS) is 13.6. The number of rotatable bonds is 10. The summed E-state index contributed by atoms with van der Waals surface area (Å²) in [5.41, 5.74) is -4.65. The average molecular weight is 570 g/mol. The van der Waals surface area contributed by atoms with Gasteiger partial charge in [0.2, 0.25) is 0 Å². The van der Waals surface area contributed by atoms with Crippen molar-refractivity contribution >= 4 is 24.4 Å². The second kappa shape index (κ2) is 13.2. The number of carbonyl (C=O) groups is 4. The molecule has 1 aromatic carbocycles. The van der Waals surface area contributed by atoms with Crippen molar-refractivity contribution in [1.29, 1.82) is 0 Å². The van der Waals surface area contributed by atoms with Gasteiger partial charge in [-0.2, -0.15) is 0 Å². The van der Waals surface area contributed by atoms with Crippen molar-refractivity contribution in [2.75, 3.05) is 0 Å². The molecule has 0 fully saturated rings. The number of ether oxygens (including phenoxy) is 6. The summed E-state index contributed by atoms with van der Waals surface area (Å²) in [5, 5.41) is 13.0. The van der Waals surface area contributed by atoms with Crippen molar-refractivity contribution in [1.82, 2.24) is 5.32 Å². The first-order valence-electron chi connectivity index (χ1n) is 12.9. The van der Waals surface area contributed by atoms with Gasteiger partial charge in [0, 0.05) is 12.5 Å². The molecular weight excluding hydrogens is 526 g/mol. The topological polar surface area (TPSA) is 156 Å². The van der Waals surface area contributed by atoms with Crippen molar-refractivity contribution in [2.45, 2.75) is 118 Å². The smallest absolute Gasteiger partial charge is 0.477 e. The zero-order valence-electron chi connectivity index (χ0n) is 25.3. The minimum absolute atomic E-state index is 0.188. The molecule has 12 nitrogen and oxygen atoms in total. The second-order valence-electron chi connectivity index (χ2n) is 12.1. The Kier molecular flexibility index (Phi) is 11.4. The molecule has 1 aromatic rings. The summed E-state index contributed by atoms with van der Waals surface area (Å²) in [6.07, 6.45) is -3.29. The lowest BCUT2D eigenvalue weighted by molar-refractivity contribution is -0.169. The molecule has 2 N–H and O–H groups in total. The van der Waals surface area contributed by atoms with Gasteiger partial charge in [-0.05, 0) is 93.4 Å². The van der Waals surface area contributed by atoms with Gasteiger partial charge in [0.15, 0.2) is 11.5 Å². The van der Waals surface area contributed by atoms with Gasteiger partial charge in [-0.1, -0.05) is 13.0 Å². The molecule has 0 aliphatic heterocycles. The van der Waals surface area contributed by atoms with Gasteiger partial charge >= 0.3 is 24.4 Å². The number of hydrogen-bond acceptors (Lipinski definition) is 11. The zero-order valence-corrected chi connectivity index (χ0v) is 25.3. The fourth-order valence-electron chi connectivity index (χ4n) is 3.06. The van der Waals surface area contributed by atoms with Gasteiger partial charge in [-0.25, -0.2) is 19.2 Å². The molecule has 0 bridgehead atoms. The Hall–Kier alpha value is -3.54. The van der Waals surface area contributed by atoms with Crippen molar-refractivity contribution in [3.63, 3.8) is 0 Å². The fraction of sp³-hybridized carbons (Fsp3) is 0.643. The maximum atomic E-state index is 12.6. The SMILES string of the molecule is CCC(C)(C)OC(=O)O[C@](Cc1ccc(OC(=O)OC(C)(C)C)c(OC(=O)OC(C)(C)C)c1)(NC(C)C)C(=O)O. The Bertz CT molecular complexity index is 1070. The Labute approximate surface area is 235 Å². The van der Waals surface area contributed by atoms with Crippen LogP contribution in [0.25, 0.3) is 0 Å². The molecule has 1 atom stereocenters. The third-order valence-electron chi connectivity index (χ3n) is 4.96. The summed E-state index contributed by atoms with van der Waals surface area (Å²) in [6.45, 7) is 18.3. The maximum Gasteiger partial charge on any atom is 0.514 e. The van der Waals surface area contributed by atoms with E-state index >= 15 is 0 Å². The first-order chi connectivity index (χ1) is 18.1. The lowest BCUT2D eigenvalue weighted by Gasteiger charge is -2.33. The third kappa shape index (κ3) is 12.1. The standard InChI is InChI=1S/C28H43NO11/c1-12-27(10,11)39-24(34)40-28(21(30)31,29-17(2)3)16-18-13-14-19(35-22(32)37-25(4,5)6)20(15-18)36-23(33)38-26(7,8)9/h13-15,17,29H,12,16H2,1-11H3,(H,30,31)/t28-/m0/s1. The van der Waals surface area contributed by atoms with E-state index in [-0.39, 0.29) is 17.1 Å². The second-order valence-corrected chi connectivity index (χ2v) is 12.1. The third-order valence-corrected chi connectivity index (χ3v) is 4.96. The summed E-state index contributed by atoms with van der Waals surface area (Å²) in [5.74, 6) is -1.93. The Morgan fingerprint density at radius 2 is 1.27 bits per heavy atom. The average Bonchev–Trinajstić information content (AvgIpc) is 2.71. The largest absolute Gasteiger partial charge is 0.514 e. The van der Waals surface area contributed by atoms with Gasteiger partial charge in [0.05, 0.1) is 0 Å². The molecule has 0 saturated heterocycles. The van der Waals surface area contributed by atoms with Crippen LogP contribution < -0.4 is 14.8 Å². The van der Waals surface area contributed by atoms with Crippen LogP contribution in [-0.2, 0) is 30.2 Å². The Balaban J connectivity index is 3.49. The van der Waals surface area contributed by atoms with E-state index in [9.17, 15) is 24.3 Å². The van der Waals surface area contributed by atoms with Gasteiger partial charge in [-0.15, -0.1) is 0 Å².